The Hall–Kier alpha value is -2.43. The summed E-state index contributed by atoms with van der Waals surface area (Å²) in [5.74, 6) is -1.03. The number of carbonyl (C=O) groups excluding carboxylic acids is 1. The molecule has 25 heavy (non-hydrogen) atoms. The van der Waals surface area contributed by atoms with E-state index in [-0.39, 0.29) is 17.7 Å². The van der Waals surface area contributed by atoms with Crippen molar-refractivity contribution >= 4 is 11.6 Å². The van der Waals surface area contributed by atoms with Gasteiger partial charge >= 0.3 is 0 Å². The first-order chi connectivity index (χ1) is 11.8. The molecule has 3 rings (SSSR count). The molecule has 0 bridgehead atoms. The molecule has 1 amide bonds. The van der Waals surface area contributed by atoms with E-state index in [1.165, 1.54) is 12.1 Å². The van der Waals surface area contributed by atoms with Crippen molar-refractivity contribution < 1.29 is 18.3 Å². The Balaban J connectivity index is 1.77. The fourth-order valence-corrected chi connectivity index (χ4v) is 3.30. The number of halogens is 2. The monoisotopic (exact) mass is 345 g/mol. The maximum atomic E-state index is 13.9. The molecular weight excluding hydrogens is 324 g/mol. The Labute approximate surface area is 146 Å². The molecular formula is C20H21F2NO2. The minimum absolute atomic E-state index is 0.135. The van der Waals surface area contributed by atoms with Crippen LogP contribution in [0.1, 0.15) is 34.6 Å². The van der Waals surface area contributed by atoms with E-state index in [2.05, 4.69) is 5.32 Å². The lowest BCUT2D eigenvalue weighted by Gasteiger charge is -2.17. The number of hydrogen-bond acceptors (Lipinski definition) is 2. The predicted molar refractivity (Wildman–Crippen MR) is 93.0 cm³/mol. The van der Waals surface area contributed by atoms with Gasteiger partial charge in [0.1, 0.15) is 17.4 Å². The molecule has 3 nitrogen and oxygen atoms in total. The Kier molecular flexibility index (Phi) is 4.50. The fourth-order valence-electron chi connectivity index (χ4n) is 3.30. The highest BCUT2D eigenvalue weighted by molar-refractivity contribution is 5.96. The van der Waals surface area contributed by atoms with Crippen molar-refractivity contribution in [1.82, 2.24) is 0 Å². The van der Waals surface area contributed by atoms with Crippen molar-refractivity contribution in [2.24, 2.45) is 5.92 Å². The van der Waals surface area contributed by atoms with E-state index in [1.807, 2.05) is 26.8 Å². The molecule has 1 aliphatic carbocycles. The van der Waals surface area contributed by atoms with E-state index < -0.39 is 11.6 Å². The average Bonchev–Trinajstić information content (AvgIpc) is 3.35. The van der Waals surface area contributed by atoms with Crippen LogP contribution < -0.4 is 10.1 Å². The second-order valence-electron chi connectivity index (χ2n) is 6.62. The van der Waals surface area contributed by atoms with Crippen LogP contribution in [-0.4, -0.2) is 13.0 Å². The Morgan fingerprint density at radius 1 is 1.16 bits per heavy atom. The molecule has 1 N–H and O–H groups in total. The van der Waals surface area contributed by atoms with Crippen LogP contribution in [0.5, 0.6) is 5.75 Å². The van der Waals surface area contributed by atoms with Crippen molar-refractivity contribution in [3.63, 3.8) is 0 Å². The smallest absolute Gasteiger partial charge is 0.228 e. The summed E-state index contributed by atoms with van der Waals surface area (Å²) in [6.45, 7) is 5.79. The summed E-state index contributed by atoms with van der Waals surface area (Å²) in [6.07, 6.45) is 0.571. The molecule has 1 saturated carbocycles. The SMILES string of the molecule is COc1cc(C)c(NC(=O)[C@@H]2C[C@@H]2c2ccc(F)cc2F)c(C)c1C. The Morgan fingerprint density at radius 3 is 2.52 bits per heavy atom. The summed E-state index contributed by atoms with van der Waals surface area (Å²) in [6, 6.07) is 5.41. The van der Waals surface area contributed by atoms with Crippen LogP contribution in [0, 0.1) is 38.3 Å². The first kappa shape index (κ1) is 17.4. The van der Waals surface area contributed by atoms with Gasteiger partial charge in [0.15, 0.2) is 0 Å². The lowest BCUT2D eigenvalue weighted by atomic mass is 10.0. The Morgan fingerprint density at radius 2 is 1.88 bits per heavy atom. The van der Waals surface area contributed by atoms with Gasteiger partial charge in [0.25, 0.3) is 0 Å². The minimum atomic E-state index is -0.608. The number of aryl methyl sites for hydroxylation is 1. The van der Waals surface area contributed by atoms with E-state index in [0.717, 1.165) is 34.2 Å². The topological polar surface area (TPSA) is 38.3 Å². The second kappa shape index (κ2) is 6.47. The fraction of sp³-hybridized carbons (Fsp3) is 0.350. The van der Waals surface area contributed by atoms with E-state index >= 15 is 0 Å². The summed E-state index contributed by atoms with van der Waals surface area (Å²) in [4.78, 5) is 12.6. The van der Waals surface area contributed by atoms with Gasteiger partial charge < -0.3 is 10.1 Å². The Bertz CT molecular complexity index is 848. The number of benzene rings is 2. The van der Waals surface area contributed by atoms with Crippen LogP contribution in [0.2, 0.25) is 0 Å². The molecule has 0 aliphatic heterocycles. The summed E-state index contributed by atoms with van der Waals surface area (Å²) in [5, 5.41) is 2.97. The molecule has 5 heteroatoms. The predicted octanol–water partition coefficient (Wildman–Crippen LogP) is 4.64. The summed E-state index contributed by atoms with van der Waals surface area (Å²) in [7, 11) is 1.62. The molecule has 0 saturated heterocycles. The molecule has 1 fully saturated rings. The molecule has 0 unspecified atom stereocenters. The van der Waals surface area contributed by atoms with Gasteiger partial charge in [-0.1, -0.05) is 6.07 Å². The number of amides is 1. The van der Waals surface area contributed by atoms with Gasteiger partial charge in [-0.15, -0.1) is 0 Å². The maximum Gasteiger partial charge on any atom is 0.228 e. The number of hydrogen-bond donors (Lipinski definition) is 1. The number of nitrogens with one attached hydrogen (secondary N) is 1. The van der Waals surface area contributed by atoms with Crippen molar-refractivity contribution in [2.75, 3.05) is 12.4 Å². The summed E-state index contributed by atoms with van der Waals surface area (Å²) >= 11 is 0. The van der Waals surface area contributed by atoms with Gasteiger partial charge in [0, 0.05) is 17.7 Å². The van der Waals surface area contributed by atoms with Crippen molar-refractivity contribution in [1.29, 1.82) is 0 Å². The molecule has 0 heterocycles. The van der Waals surface area contributed by atoms with Crippen molar-refractivity contribution in [3.05, 3.63) is 58.2 Å². The third-order valence-electron chi connectivity index (χ3n) is 5.01. The molecule has 0 spiro atoms. The number of rotatable bonds is 4. The van der Waals surface area contributed by atoms with E-state index in [0.29, 0.717) is 12.0 Å². The lowest BCUT2D eigenvalue weighted by molar-refractivity contribution is -0.117. The number of carbonyl (C=O) groups is 1. The zero-order valence-corrected chi connectivity index (χ0v) is 14.7. The van der Waals surface area contributed by atoms with E-state index in [4.69, 9.17) is 4.74 Å². The molecule has 2 atom stereocenters. The maximum absolute atomic E-state index is 13.9. The largest absolute Gasteiger partial charge is 0.496 e. The van der Waals surface area contributed by atoms with Crippen LogP contribution in [0.15, 0.2) is 24.3 Å². The number of anilines is 1. The van der Waals surface area contributed by atoms with Gasteiger partial charge in [-0.2, -0.15) is 0 Å². The van der Waals surface area contributed by atoms with Crippen LogP contribution in [0.25, 0.3) is 0 Å². The minimum Gasteiger partial charge on any atom is -0.496 e. The third-order valence-corrected chi connectivity index (χ3v) is 5.01. The summed E-state index contributed by atoms with van der Waals surface area (Å²) in [5.41, 5.74) is 4.02. The lowest BCUT2D eigenvalue weighted by Crippen LogP contribution is -2.17. The zero-order valence-electron chi connectivity index (χ0n) is 14.7. The van der Waals surface area contributed by atoms with Crippen molar-refractivity contribution in [2.45, 2.75) is 33.1 Å². The zero-order chi connectivity index (χ0) is 18.3. The quantitative estimate of drug-likeness (QED) is 0.877. The first-order valence-corrected chi connectivity index (χ1v) is 8.24. The highest BCUT2D eigenvalue weighted by Gasteiger charge is 2.45. The van der Waals surface area contributed by atoms with Crippen molar-refractivity contribution in [3.8, 4) is 5.75 Å². The summed E-state index contributed by atoms with van der Waals surface area (Å²) < 4.78 is 32.3. The van der Waals surface area contributed by atoms with Gasteiger partial charge in [0.05, 0.1) is 7.11 Å². The van der Waals surface area contributed by atoms with Gasteiger partial charge in [-0.25, -0.2) is 8.78 Å². The molecule has 1 aliphatic rings. The molecule has 2 aromatic carbocycles. The normalized spacial score (nSPS) is 18.8. The van der Waals surface area contributed by atoms with Crippen LogP contribution >= 0.6 is 0 Å². The molecule has 0 radical (unpaired) electrons. The van der Waals surface area contributed by atoms with Crippen LogP contribution in [0.3, 0.4) is 0 Å². The van der Waals surface area contributed by atoms with Gasteiger partial charge in [-0.05, 0) is 67.5 Å². The molecule has 132 valence electrons. The van der Waals surface area contributed by atoms with Gasteiger partial charge in [0.2, 0.25) is 5.91 Å². The second-order valence-corrected chi connectivity index (χ2v) is 6.62. The molecule has 0 aromatic heterocycles. The van der Waals surface area contributed by atoms with Crippen LogP contribution in [-0.2, 0) is 4.79 Å². The number of methoxy groups -OCH3 is 1. The molecule has 2 aromatic rings. The van der Waals surface area contributed by atoms with E-state index in [9.17, 15) is 13.6 Å². The van der Waals surface area contributed by atoms with E-state index in [1.54, 1.807) is 7.11 Å². The first-order valence-electron chi connectivity index (χ1n) is 8.24. The number of ether oxygens (including phenoxy) is 1. The highest BCUT2D eigenvalue weighted by Crippen LogP contribution is 2.49. The van der Waals surface area contributed by atoms with Crippen LogP contribution in [0.4, 0.5) is 14.5 Å². The standard InChI is InChI=1S/C20H21F2NO2/c1-10-7-18(25-4)11(2)12(3)19(10)23-20(24)16-9-15(16)14-6-5-13(21)8-17(14)22/h5-8,15-16H,9H2,1-4H3,(H,23,24)/t15-,16-/m1/s1. The highest BCUT2D eigenvalue weighted by atomic mass is 19.1. The average molecular weight is 345 g/mol. The third kappa shape index (κ3) is 3.23. The van der Waals surface area contributed by atoms with Gasteiger partial charge in [-0.3, -0.25) is 4.79 Å².